The summed E-state index contributed by atoms with van der Waals surface area (Å²) in [5, 5.41) is 3.13. The predicted octanol–water partition coefficient (Wildman–Crippen LogP) is 1.75. The predicted molar refractivity (Wildman–Crippen MR) is 62.8 cm³/mol. The van der Waals surface area contributed by atoms with Crippen molar-refractivity contribution in [3.63, 3.8) is 0 Å². The molecule has 1 heterocycles. The van der Waals surface area contributed by atoms with Gasteiger partial charge in [0.2, 0.25) is 0 Å². The maximum atomic E-state index is 5.72. The Morgan fingerprint density at radius 1 is 1.53 bits per heavy atom. The fourth-order valence-electron chi connectivity index (χ4n) is 1.13. The van der Waals surface area contributed by atoms with E-state index in [0.717, 1.165) is 19.0 Å². The molecule has 0 saturated heterocycles. The molecule has 4 nitrogen and oxygen atoms in total. The van der Waals surface area contributed by atoms with Crippen LogP contribution in [-0.2, 0) is 4.74 Å². The molecule has 0 fully saturated rings. The summed E-state index contributed by atoms with van der Waals surface area (Å²) in [7, 11) is 0. The zero-order valence-electron chi connectivity index (χ0n) is 9.36. The molecule has 0 aliphatic rings. The largest absolute Gasteiger partial charge is 0.396 e. The van der Waals surface area contributed by atoms with Crippen molar-refractivity contribution in [1.29, 1.82) is 0 Å². The molecule has 0 spiro atoms. The minimum Gasteiger partial charge on any atom is -0.396 e. The van der Waals surface area contributed by atoms with Gasteiger partial charge in [0.1, 0.15) is 5.82 Å². The van der Waals surface area contributed by atoms with E-state index in [9.17, 15) is 0 Å². The van der Waals surface area contributed by atoms with Crippen LogP contribution in [0.15, 0.2) is 18.3 Å². The van der Waals surface area contributed by atoms with Gasteiger partial charge in [-0.2, -0.15) is 0 Å². The van der Waals surface area contributed by atoms with Crippen LogP contribution in [-0.4, -0.2) is 24.7 Å². The Morgan fingerprint density at radius 3 is 3.00 bits per heavy atom. The van der Waals surface area contributed by atoms with Crippen LogP contribution in [0.25, 0.3) is 0 Å². The lowest BCUT2D eigenvalue weighted by atomic mass is 10.2. The molecule has 0 aliphatic heterocycles. The smallest absolute Gasteiger partial charge is 0.149 e. The second-order valence-electron chi connectivity index (χ2n) is 3.84. The number of nitrogens with two attached hydrogens (primary N) is 1. The van der Waals surface area contributed by atoms with E-state index in [1.54, 1.807) is 6.20 Å². The van der Waals surface area contributed by atoms with Gasteiger partial charge in [0.05, 0.1) is 12.3 Å². The number of nitrogens with one attached hydrogen (secondary N) is 1. The summed E-state index contributed by atoms with van der Waals surface area (Å²) >= 11 is 0. The Labute approximate surface area is 90.8 Å². The first-order valence-electron chi connectivity index (χ1n) is 5.22. The highest BCUT2D eigenvalue weighted by molar-refractivity contribution is 5.60. The van der Waals surface area contributed by atoms with Gasteiger partial charge in [-0.05, 0) is 18.1 Å². The minimum atomic E-state index is 0.574. The molecule has 4 heteroatoms. The summed E-state index contributed by atoms with van der Waals surface area (Å²) in [6.45, 7) is 6.45. The number of anilines is 2. The maximum absolute atomic E-state index is 5.72. The van der Waals surface area contributed by atoms with Crippen molar-refractivity contribution < 1.29 is 4.74 Å². The van der Waals surface area contributed by atoms with E-state index >= 15 is 0 Å². The normalized spacial score (nSPS) is 10.6. The SMILES string of the molecule is CC(C)COCCNc1ncccc1N. The molecule has 0 atom stereocenters. The summed E-state index contributed by atoms with van der Waals surface area (Å²) in [6.07, 6.45) is 1.72. The third-order valence-electron chi connectivity index (χ3n) is 1.83. The number of nitrogens with zero attached hydrogens (tertiary/aromatic N) is 1. The molecule has 1 aromatic rings. The number of hydrogen-bond acceptors (Lipinski definition) is 4. The lowest BCUT2D eigenvalue weighted by Crippen LogP contribution is -2.13. The third-order valence-corrected chi connectivity index (χ3v) is 1.83. The number of ether oxygens (including phenoxy) is 1. The van der Waals surface area contributed by atoms with Crippen LogP contribution in [0.1, 0.15) is 13.8 Å². The fourth-order valence-corrected chi connectivity index (χ4v) is 1.13. The number of aromatic nitrogens is 1. The van der Waals surface area contributed by atoms with Crippen molar-refractivity contribution in [2.75, 3.05) is 30.8 Å². The summed E-state index contributed by atoms with van der Waals surface area (Å²) in [6, 6.07) is 3.64. The average molecular weight is 209 g/mol. The number of rotatable bonds is 6. The topological polar surface area (TPSA) is 60.2 Å². The van der Waals surface area contributed by atoms with E-state index in [1.807, 2.05) is 12.1 Å². The first-order chi connectivity index (χ1) is 7.20. The lowest BCUT2D eigenvalue weighted by Gasteiger charge is -2.09. The second kappa shape index (κ2) is 6.24. The maximum Gasteiger partial charge on any atom is 0.149 e. The van der Waals surface area contributed by atoms with E-state index in [1.165, 1.54) is 0 Å². The van der Waals surface area contributed by atoms with Gasteiger partial charge in [0.25, 0.3) is 0 Å². The summed E-state index contributed by atoms with van der Waals surface area (Å²) in [4.78, 5) is 4.12. The van der Waals surface area contributed by atoms with Gasteiger partial charge >= 0.3 is 0 Å². The Balaban J connectivity index is 2.18. The van der Waals surface area contributed by atoms with Crippen LogP contribution in [0.4, 0.5) is 11.5 Å². The highest BCUT2D eigenvalue weighted by Crippen LogP contribution is 2.11. The molecule has 15 heavy (non-hydrogen) atoms. The zero-order chi connectivity index (χ0) is 11.1. The van der Waals surface area contributed by atoms with Gasteiger partial charge < -0.3 is 15.8 Å². The van der Waals surface area contributed by atoms with Crippen molar-refractivity contribution in [3.05, 3.63) is 18.3 Å². The Hall–Kier alpha value is -1.29. The van der Waals surface area contributed by atoms with E-state index in [0.29, 0.717) is 18.2 Å². The first-order valence-corrected chi connectivity index (χ1v) is 5.22. The van der Waals surface area contributed by atoms with Gasteiger partial charge in [-0.1, -0.05) is 13.8 Å². The highest BCUT2D eigenvalue weighted by atomic mass is 16.5. The number of hydrogen-bond donors (Lipinski definition) is 2. The molecular weight excluding hydrogens is 190 g/mol. The first kappa shape index (κ1) is 11.8. The summed E-state index contributed by atoms with van der Waals surface area (Å²) < 4.78 is 5.43. The quantitative estimate of drug-likeness (QED) is 0.701. The van der Waals surface area contributed by atoms with E-state index in [4.69, 9.17) is 10.5 Å². The molecule has 0 amide bonds. The summed E-state index contributed by atoms with van der Waals surface area (Å²) in [5.74, 6) is 1.30. The molecule has 0 aliphatic carbocycles. The number of nitrogen functional groups attached to an aromatic ring is 1. The fraction of sp³-hybridized carbons (Fsp3) is 0.545. The van der Waals surface area contributed by atoms with Crippen molar-refractivity contribution in [3.8, 4) is 0 Å². The average Bonchev–Trinajstić information content (AvgIpc) is 2.20. The molecule has 0 saturated carbocycles. The van der Waals surface area contributed by atoms with E-state index in [-0.39, 0.29) is 0 Å². The van der Waals surface area contributed by atoms with Crippen LogP contribution >= 0.6 is 0 Å². The van der Waals surface area contributed by atoms with E-state index in [2.05, 4.69) is 24.1 Å². The molecule has 1 rings (SSSR count). The van der Waals surface area contributed by atoms with Crippen LogP contribution in [0.2, 0.25) is 0 Å². The van der Waals surface area contributed by atoms with E-state index < -0.39 is 0 Å². The van der Waals surface area contributed by atoms with Gasteiger partial charge in [0.15, 0.2) is 0 Å². The Kier molecular flexibility index (Phi) is 4.90. The Morgan fingerprint density at radius 2 is 2.33 bits per heavy atom. The van der Waals surface area contributed by atoms with Crippen LogP contribution in [0.5, 0.6) is 0 Å². The molecule has 0 radical (unpaired) electrons. The summed E-state index contributed by atoms with van der Waals surface area (Å²) in [5.41, 5.74) is 6.39. The monoisotopic (exact) mass is 209 g/mol. The van der Waals surface area contributed by atoms with Crippen LogP contribution < -0.4 is 11.1 Å². The molecule has 0 aromatic carbocycles. The van der Waals surface area contributed by atoms with Crippen molar-refractivity contribution in [2.45, 2.75) is 13.8 Å². The van der Waals surface area contributed by atoms with Gasteiger partial charge in [-0.25, -0.2) is 4.98 Å². The molecule has 1 aromatic heterocycles. The number of pyridine rings is 1. The molecule has 0 unspecified atom stereocenters. The van der Waals surface area contributed by atoms with Gasteiger partial charge in [-0.15, -0.1) is 0 Å². The minimum absolute atomic E-state index is 0.574. The van der Waals surface area contributed by atoms with Crippen LogP contribution in [0, 0.1) is 5.92 Å². The molecule has 3 N–H and O–H groups in total. The second-order valence-corrected chi connectivity index (χ2v) is 3.84. The van der Waals surface area contributed by atoms with Gasteiger partial charge in [-0.3, -0.25) is 0 Å². The van der Waals surface area contributed by atoms with Crippen LogP contribution in [0.3, 0.4) is 0 Å². The molecular formula is C11H19N3O. The highest BCUT2D eigenvalue weighted by Gasteiger charge is 1.98. The van der Waals surface area contributed by atoms with Gasteiger partial charge in [0, 0.05) is 19.3 Å². The third kappa shape index (κ3) is 4.65. The zero-order valence-corrected chi connectivity index (χ0v) is 9.36. The molecule has 84 valence electrons. The van der Waals surface area contributed by atoms with Crippen molar-refractivity contribution in [1.82, 2.24) is 4.98 Å². The standard InChI is InChI=1S/C11H19N3O/c1-9(2)8-15-7-6-14-11-10(12)4-3-5-13-11/h3-5,9H,6-8,12H2,1-2H3,(H,13,14). The molecule has 0 bridgehead atoms. The van der Waals surface area contributed by atoms with Crippen molar-refractivity contribution in [2.24, 2.45) is 5.92 Å². The van der Waals surface area contributed by atoms with Crippen molar-refractivity contribution >= 4 is 11.5 Å². The lowest BCUT2D eigenvalue weighted by molar-refractivity contribution is 0.118. The Bertz CT molecular complexity index is 289.